The molecule has 0 aliphatic rings. The van der Waals surface area contributed by atoms with Gasteiger partial charge in [0, 0.05) is 6.54 Å². The van der Waals surface area contributed by atoms with Gasteiger partial charge in [-0.2, -0.15) is 0 Å². The molecule has 1 amide bonds. The first-order valence-corrected chi connectivity index (χ1v) is 6.62. The Hall–Kier alpha value is -2.29. The fourth-order valence-corrected chi connectivity index (χ4v) is 2.00. The minimum atomic E-state index is -0.571. The van der Waals surface area contributed by atoms with Crippen molar-refractivity contribution < 1.29 is 9.90 Å². The lowest BCUT2D eigenvalue weighted by atomic mass is 9.84. The van der Waals surface area contributed by atoms with Gasteiger partial charge in [0.1, 0.15) is 5.75 Å². The van der Waals surface area contributed by atoms with E-state index in [-0.39, 0.29) is 11.7 Å². The summed E-state index contributed by atoms with van der Waals surface area (Å²) in [5.74, 6) is 0.210. The standard InChI is InChI=1S/C17H19NO2/c1-17(2,14-6-4-3-5-7-14)16(20)18-12-13-8-10-15(19)11-9-13/h3-11,19H,12H2,1-2H3,(H,18,20). The van der Waals surface area contributed by atoms with Gasteiger partial charge in [0.25, 0.3) is 0 Å². The second kappa shape index (κ2) is 5.78. The zero-order valence-electron chi connectivity index (χ0n) is 11.8. The highest BCUT2D eigenvalue weighted by molar-refractivity contribution is 5.87. The van der Waals surface area contributed by atoms with Crippen LogP contribution in [0.15, 0.2) is 54.6 Å². The molecule has 2 N–H and O–H groups in total. The van der Waals surface area contributed by atoms with Crippen molar-refractivity contribution >= 4 is 5.91 Å². The zero-order valence-corrected chi connectivity index (χ0v) is 11.8. The molecule has 0 heterocycles. The van der Waals surface area contributed by atoms with Crippen molar-refractivity contribution in [2.75, 3.05) is 0 Å². The van der Waals surface area contributed by atoms with Gasteiger partial charge in [-0.05, 0) is 37.1 Å². The van der Waals surface area contributed by atoms with Crippen molar-refractivity contribution in [3.05, 3.63) is 65.7 Å². The maximum absolute atomic E-state index is 12.3. The molecule has 0 saturated carbocycles. The van der Waals surface area contributed by atoms with Gasteiger partial charge in [-0.3, -0.25) is 4.79 Å². The maximum atomic E-state index is 12.3. The van der Waals surface area contributed by atoms with Crippen LogP contribution in [0.5, 0.6) is 5.75 Å². The van der Waals surface area contributed by atoms with E-state index in [4.69, 9.17) is 0 Å². The molecule has 3 heteroatoms. The minimum Gasteiger partial charge on any atom is -0.508 e. The van der Waals surface area contributed by atoms with Crippen LogP contribution >= 0.6 is 0 Å². The van der Waals surface area contributed by atoms with Crippen LogP contribution in [-0.4, -0.2) is 11.0 Å². The first-order valence-electron chi connectivity index (χ1n) is 6.62. The Balaban J connectivity index is 2.03. The number of carbonyl (C=O) groups excluding carboxylic acids is 1. The number of hydrogen-bond acceptors (Lipinski definition) is 2. The second-order valence-corrected chi connectivity index (χ2v) is 5.34. The van der Waals surface area contributed by atoms with Crippen LogP contribution in [0.1, 0.15) is 25.0 Å². The normalized spacial score (nSPS) is 11.1. The summed E-state index contributed by atoms with van der Waals surface area (Å²) in [6, 6.07) is 16.5. The quantitative estimate of drug-likeness (QED) is 0.896. The van der Waals surface area contributed by atoms with E-state index in [1.807, 2.05) is 44.2 Å². The molecule has 0 aromatic heterocycles. The topological polar surface area (TPSA) is 49.3 Å². The fraction of sp³-hybridized carbons (Fsp3) is 0.235. The van der Waals surface area contributed by atoms with Crippen LogP contribution in [0.2, 0.25) is 0 Å². The Morgan fingerprint density at radius 2 is 1.65 bits per heavy atom. The lowest BCUT2D eigenvalue weighted by molar-refractivity contribution is -0.125. The van der Waals surface area contributed by atoms with Crippen molar-refractivity contribution in [1.82, 2.24) is 5.32 Å². The van der Waals surface area contributed by atoms with Gasteiger partial charge < -0.3 is 10.4 Å². The first kappa shape index (κ1) is 14.1. The summed E-state index contributed by atoms with van der Waals surface area (Å²) in [4.78, 5) is 12.3. The Labute approximate surface area is 119 Å². The number of benzene rings is 2. The minimum absolute atomic E-state index is 0.0169. The van der Waals surface area contributed by atoms with Crippen molar-refractivity contribution in [1.29, 1.82) is 0 Å². The number of aromatic hydroxyl groups is 1. The number of amides is 1. The number of carbonyl (C=O) groups is 1. The molecule has 20 heavy (non-hydrogen) atoms. The average molecular weight is 269 g/mol. The predicted octanol–water partition coefficient (Wildman–Crippen LogP) is 2.99. The third kappa shape index (κ3) is 3.18. The Kier molecular flexibility index (Phi) is 4.08. The molecule has 2 aromatic rings. The summed E-state index contributed by atoms with van der Waals surface area (Å²) in [6.45, 7) is 4.28. The highest BCUT2D eigenvalue weighted by Crippen LogP contribution is 2.23. The number of nitrogens with one attached hydrogen (secondary N) is 1. The SMILES string of the molecule is CC(C)(C(=O)NCc1ccc(O)cc1)c1ccccc1. The van der Waals surface area contributed by atoms with Gasteiger partial charge in [-0.15, -0.1) is 0 Å². The van der Waals surface area contributed by atoms with Crippen molar-refractivity contribution in [3.63, 3.8) is 0 Å². The number of phenolic OH excluding ortho intramolecular Hbond substituents is 1. The maximum Gasteiger partial charge on any atom is 0.230 e. The molecule has 2 rings (SSSR count). The predicted molar refractivity (Wildman–Crippen MR) is 79.4 cm³/mol. The van der Waals surface area contributed by atoms with E-state index >= 15 is 0 Å². The van der Waals surface area contributed by atoms with E-state index in [0.717, 1.165) is 11.1 Å². The Bertz CT molecular complexity index is 574. The number of phenols is 1. The molecular formula is C17H19NO2. The summed E-state index contributed by atoms with van der Waals surface area (Å²) in [7, 11) is 0. The van der Waals surface area contributed by atoms with Crippen molar-refractivity contribution in [2.24, 2.45) is 0 Å². The van der Waals surface area contributed by atoms with Crippen LogP contribution in [0.3, 0.4) is 0 Å². The van der Waals surface area contributed by atoms with Crippen molar-refractivity contribution in [3.8, 4) is 5.75 Å². The van der Waals surface area contributed by atoms with E-state index < -0.39 is 5.41 Å². The smallest absolute Gasteiger partial charge is 0.230 e. The first-order chi connectivity index (χ1) is 9.50. The largest absolute Gasteiger partial charge is 0.508 e. The highest BCUT2D eigenvalue weighted by atomic mass is 16.3. The number of rotatable bonds is 4. The lowest BCUT2D eigenvalue weighted by Crippen LogP contribution is -2.39. The molecule has 0 saturated heterocycles. The van der Waals surface area contributed by atoms with Gasteiger partial charge in [0.2, 0.25) is 5.91 Å². The van der Waals surface area contributed by atoms with Gasteiger partial charge in [-0.1, -0.05) is 42.5 Å². The molecule has 104 valence electrons. The van der Waals surface area contributed by atoms with Gasteiger partial charge in [0.15, 0.2) is 0 Å². The highest BCUT2D eigenvalue weighted by Gasteiger charge is 2.29. The molecule has 2 aromatic carbocycles. The van der Waals surface area contributed by atoms with Crippen LogP contribution < -0.4 is 5.32 Å². The van der Waals surface area contributed by atoms with Crippen molar-refractivity contribution in [2.45, 2.75) is 25.8 Å². The molecule has 0 spiro atoms. The second-order valence-electron chi connectivity index (χ2n) is 5.34. The van der Waals surface area contributed by atoms with E-state index in [9.17, 15) is 9.90 Å². The summed E-state index contributed by atoms with van der Waals surface area (Å²) in [5, 5.41) is 12.2. The molecular weight excluding hydrogens is 250 g/mol. The van der Waals surface area contributed by atoms with E-state index in [0.29, 0.717) is 6.54 Å². The molecule has 0 fully saturated rings. The summed E-state index contributed by atoms with van der Waals surface area (Å²) >= 11 is 0. The van der Waals surface area contributed by atoms with Crippen LogP contribution in [0.25, 0.3) is 0 Å². The summed E-state index contributed by atoms with van der Waals surface area (Å²) in [5.41, 5.74) is 1.38. The Morgan fingerprint density at radius 3 is 2.25 bits per heavy atom. The van der Waals surface area contributed by atoms with Gasteiger partial charge in [0.05, 0.1) is 5.41 Å². The van der Waals surface area contributed by atoms with Gasteiger partial charge >= 0.3 is 0 Å². The molecule has 0 unspecified atom stereocenters. The summed E-state index contributed by atoms with van der Waals surface area (Å²) < 4.78 is 0. The monoisotopic (exact) mass is 269 g/mol. The van der Waals surface area contributed by atoms with Crippen LogP contribution in [0, 0.1) is 0 Å². The molecule has 0 aliphatic heterocycles. The third-order valence-electron chi connectivity index (χ3n) is 3.45. The molecule has 0 bridgehead atoms. The molecule has 0 radical (unpaired) electrons. The number of hydrogen-bond donors (Lipinski definition) is 2. The van der Waals surface area contributed by atoms with E-state index in [1.54, 1.807) is 24.3 Å². The van der Waals surface area contributed by atoms with Crippen LogP contribution in [-0.2, 0) is 16.8 Å². The molecule has 0 aliphatic carbocycles. The lowest BCUT2D eigenvalue weighted by Gasteiger charge is -2.24. The third-order valence-corrected chi connectivity index (χ3v) is 3.45. The fourth-order valence-electron chi connectivity index (χ4n) is 2.00. The van der Waals surface area contributed by atoms with E-state index in [2.05, 4.69) is 5.32 Å². The zero-order chi connectivity index (χ0) is 14.6. The molecule has 3 nitrogen and oxygen atoms in total. The Morgan fingerprint density at radius 1 is 1.05 bits per heavy atom. The van der Waals surface area contributed by atoms with Crippen LogP contribution in [0.4, 0.5) is 0 Å². The van der Waals surface area contributed by atoms with E-state index in [1.165, 1.54) is 0 Å². The average Bonchev–Trinajstić information content (AvgIpc) is 2.47. The molecule has 0 atom stereocenters. The van der Waals surface area contributed by atoms with Gasteiger partial charge in [-0.25, -0.2) is 0 Å². The summed E-state index contributed by atoms with van der Waals surface area (Å²) in [6.07, 6.45) is 0.